The van der Waals surface area contributed by atoms with Crippen LogP contribution >= 0.6 is 31.9 Å². The summed E-state index contributed by atoms with van der Waals surface area (Å²) < 4.78 is 1.78. The summed E-state index contributed by atoms with van der Waals surface area (Å²) in [6.07, 6.45) is 2.34. The van der Waals surface area contributed by atoms with Crippen molar-refractivity contribution in [2.45, 2.75) is 6.42 Å². The van der Waals surface area contributed by atoms with E-state index in [0.717, 1.165) is 14.5 Å². The Morgan fingerprint density at radius 3 is 2.56 bits per heavy atom. The molecule has 0 amide bonds. The van der Waals surface area contributed by atoms with Crippen LogP contribution in [-0.4, -0.2) is 9.97 Å². The van der Waals surface area contributed by atoms with E-state index in [1.165, 1.54) is 0 Å². The Bertz CT molecular complexity index is 514. The monoisotopic (exact) mass is 341 g/mol. The molecule has 0 fully saturated rings. The fourth-order valence-electron chi connectivity index (χ4n) is 1.32. The topological polar surface area (TPSA) is 51.8 Å². The molecule has 0 aliphatic heterocycles. The molecule has 0 aliphatic carbocycles. The molecule has 0 aliphatic rings. The maximum atomic E-state index is 5.70. The molecule has 2 N–H and O–H groups in total. The number of nitrogens with two attached hydrogens (primary N) is 1. The van der Waals surface area contributed by atoms with Gasteiger partial charge in [-0.05, 0) is 27.6 Å². The van der Waals surface area contributed by atoms with Crippen LogP contribution in [0.15, 0.2) is 39.4 Å². The fraction of sp³-hybridized carbons (Fsp3) is 0.0909. The zero-order valence-electron chi connectivity index (χ0n) is 8.32. The van der Waals surface area contributed by atoms with Crippen LogP contribution in [0.2, 0.25) is 0 Å². The minimum Gasteiger partial charge on any atom is -0.383 e. The highest BCUT2D eigenvalue weighted by atomic mass is 79.9. The number of nitrogen functional groups attached to an aromatic ring is 1. The molecule has 0 radical (unpaired) electrons. The van der Waals surface area contributed by atoms with Crippen LogP contribution in [-0.2, 0) is 6.42 Å². The van der Waals surface area contributed by atoms with Crippen molar-refractivity contribution in [2.75, 3.05) is 5.73 Å². The van der Waals surface area contributed by atoms with E-state index in [9.17, 15) is 0 Å². The van der Waals surface area contributed by atoms with Gasteiger partial charge in [0.15, 0.2) is 0 Å². The van der Waals surface area contributed by atoms with E-state index >= 15 is 0 Å². The molecule has 2 rings (SSSR count). The van der Waals surface area contributed by atoms with Gasteiger partial charge in [0.05, 0.1) is 4.47 Å². The maximum Gasteiger partial charge on any atom is 0.141 e. The molecule has 0 unspecified atom stereocenters. The van der Waals surface area contributed by atoms with Gasteiger partial charge in [-0.3, -0.25) is 0 Å². The van der Waals surface area contributed by atoms with E-state index in [-0.39, 0.29) is 0 Å². The van der Waals surface area contributed by atoms with E-state index in [0.29, 0.717) is 18.1 Å². The van der Waals surface area contributed by atoms with E-state index < -0.39 is 0 Å². The maximum absolute atomic E-state index is 5.70. The van der Waals surface area contributed by atoms with Gasteiger partial charge in [0.1, 0.15) is 11.6 Å². The Hall–Kier alpha value is -0.940. The van der Waals surface area contributed by atoms with Crippen molar-refractivity contribution in [3.63, 3.8) is 0 Å². The summed E-state index contributed by atoms with van der Waals surface area (Å²) in [6.45, 7) is 0. The lowest BCUT2D eigenvalue weighted by atomic mass is 10.1. The first kappa shape index (κ1) is 11.5. The van der Waals surface area contributed by atoms with Crippen LogP contribution in [0.3, 0.4) is 0 Å². The summed E-state index contributed by atoms with van der Waals surface area (Å²) in [4.78, 5) is 8.42. The molecule has 0 atom stereocenters. The van der Waals surface area contributed by atoms with E-state index in [4.69, 9.17) is 5.73 Å². The highest BCUT2D eigenvalue weighted by molar-refractivity contribution is 9.10. The molecular formula is C11H9Br2N3. The summed E-state index contributed by atoms with van der Waals surface area (Å²) in [5.41, 5.74) is 6.85. The number of anilines is 1. The number of nitrogens with zero attached hydrogens (tertiary/aromatic N) is 2. The number of rotatable bonds is 2. The second-order valence-corrected chi connectivity index (χ2v) is 5.00. The molecule has 0 bridgehead atoms. The Morgan fingerprint density at radius 1 is 1.12 bits per heavy atom. The lowest BCUT2D eigenvalue weighted by Crippen LogP contribution is -2.01. The van der Waals surface area contributed by atoms with Crippen molar-refractivity contribution in [2.24, 2.45) is 0 Å². The third kappa shape index (κ3) is 2.59. The van der Waals surface area contributed by atoms with Crippen LogP contribution in [0.25, 0.3) is 0 Å². The van der Waals surface area contributed by atoms with E-state index in [1.54, 1.807) is 6.20 Å². The number of benzene rings is 1. The SMILES string of the molecule is Nc1nc(Cc2ccccc2Br)ncc1Br. The Labute approximate surface area is 110 Å². The Morgan fingerprint density at radius 2 is 1.88 bits per heavy atom. The average molecular weight is 343 g/mol. The average Bonchev–Trinajstić information content (AvgIpc) is 2.27. The predicted molar refractivity (Wildman–Crippen MR) is 71.1 cm³/mol. The van der Waals surface area contributed by atoms with Crippen molar-refractivity contribution in [3.05, 3.63) is 50.8 Å². The summed E-state index contributed by atoms with van der Waals surface area (Å²) in [7, 11) is 0. The lowest BCUT2D eigenvalue weighted by Gasteiger charge is -2.04. The first-order chi connectivity index (χ1) is 7.66. The van der Waals surface area contributed by atoms with Crippen molar-refractivity contribution in [1.29, 1.82) is 0 Å². The largest absolute Gasteiger partial charge is 0.383 e. The summed E-state index contributed by atoms with van der Waals surface area (Å²) in [5, 5.41) is 0. The van der Waals surface area contributed by atoms with Crippen LogP contribution in [0.4, 0.5) is 5.82 Å². The van der Waals surface area contributed by atoms with Gasteiger partial charge in [-0.15, -0.1) is 0 Å². The molecule has 82 valence electrons. The molecule has 1 aromatic carbocycles. The molecule has 5 heteroatoms. The molecule has 16 heavy (non-hydrogen) atoms. The molecule has 0 saturated carbocycles. The van der Waals surface area contributed by atoms with Gasteiger partial charge in [-0.1, -0.05) is 34.1 Å². The summed E-state index contributed by atoms with van der Waals surface area (Å²) in [5.74, 6) is 1.18. The van der Waals surface area contributed by atoms with Crippen molar-refractivity contribution >= 4 is 37.7 Å². The standard InChI is InChI=1S/C11H9Br2N3/c12-8-4-2-1-3-7(8)5-10-15-6-9(13)11(14)16-10/h1-4,6H,5H2,(H2,14,15,16). The number of aromatic nitrogens is 2. The molecule has 1 heterocycles. The fourth-order valence-corrected chi connectivity index (χ4v) is 1.93. The number of hydrogen-bond acceptors (Lipinski definition) is 3. The first-order valence-corrected chi connectivity index (χ1v) is 6.25. The minimum atomic E-state index is 0.469. The van der Waals surface area contributed by atoms with E-state index in [1.807, 2.05) is 24.3 Å². The molecule has 1 aromatic heterocycles. The second-order valence-electron chi connectivity index (χ2n) is 3.29. The zero-order chi connectivity index (χ0) is 11.5. The molecule has 2 aromatic rings. The molecule has 3 nitrogen and oxygen atoms in total. The Balaban J connectivity index is 2.28. The lowest BCUT2D eigenvalue weighted by molar-refractivity contribution is 0.965. The van der Waals surface area contributed by atoms with Gasteiger partial charge in [-0.25, -0.2) is 9.97 Å². The van der Waals surface area contributed by atoms with Crippen LogP contribution < -0.4 is 5.73 Å². The summed E-state index contributed by atoms with van der Waals surface area (Å²) in [6, 6.07) is 8.00. The van der Waals surface area contributed by atoms with Gasteiger partial charge in [-0.2, -0.15) is 0 Å². The zero-order valence-corrected chi connectivity index (χ0v) is 11.5. The smallest absolute Gasteiger partial charge is 0.141 e. The highest BCUT2D eigenvalue weighted by Gasteiger charge is 2.05. The summed E-state index contributed by atoms with van der Waals surface area (Å²) >= 11 is 6.76. The second kappa shape index (κ2) is 4.93. The highest BCUT2D eigenvalue weighted by Crippen LogP contribution is 2.20. The minimum absolute atomic E-state index is 0.469. The quantitative estimate of drug-likeness (QED) is 0.911. The van der Waals surface area contributed by atoms with Gasteiger partial charge in [0.2, 0.25) is 0 Å². The first-order valence-electron chi connectivity index (χ1n) is 4.67. The molecule has 0 saturated heterocycles. The Kier molecular flexibility index (Phi) is 3.56. The van der Waals surface area contributed by atoms with Crippen LogP contribution in [0.1, 0.15) is 11.4 Å². The molecular weight excluding hydrogens is 334 g/mol. The van der Waals surface area contributed by atoms with Gasteiger partial charge in [0, 0.05) is 17.1 Å². The van der Waals surface area contributed by atoms with Gasteiger partial charge < -0.3 is 5.73 Å². The van der Waals surface area contributed by atoms with Crippen molar-refractivity contribution in [1.82, 2.24) is 9.97 Å². The van der Waals surface area contributed by atoms with Gasteiger partial charge in [0.25, 0.3) is 0 Å². The van der Waals surface area contributed by atoms with Crippen LogP contribution in [0.5, 0.6) is 0 Å². The third-order valence-electron chi connectivity index (χ3n) is 2.13. The number of halogens is 2. The number of hydrogen-bond donors (Lipinski definition) is 1. The normalized spacial score (nSPS) is 10.4. The van der Waals surface area contributed by atoms with Crippen molar-refractivity contribution in [3.8, 4) is 0 Å². The van der Waals surface area contributed by atoms with E-state index in [2.05, 4.69) is 41.8 Å². The van der Waals surface area contributed by atoms with Gasteiger partial charge >= 0.3 is 0 Å². The van der Waals surface area contributed by atoms with Crippen molar-refractivity contribution < 1.29 is 0 Å². The molecule has 0 spiro atoms. The van der Waals surface area contributed by atoms with Crippen LogP contribution in [0, 0.1) is 0 Å². The predicted octanol–water partition coefficient (Wildman–Crippen LogP) is 3.17. The third-order valence-corrected chi connectivity index (χ3v) is 3.51.